The van der Waals surface area contributed by atoms with Crippen LogP contribution in [0.15, 0.2) is 47.1 Å². The molecule has 0 fully saturated rings. The van der Waals surface area contributed by atoms with E-state index in [0.29, 0.717) is 36.7 Å². The quantitative estimate of drug-likeness (QED) is 0.571. The van der Waals surface area contributed by atoms with Crippen LogP contribution in [0.25, 0.3) is 0 Å². The molecule has 1 aromatic heterocycles. The summed E-state index contributed by atoms with van der Waals surface area (Å²) in [6.45, 7) is 1.62. The maximum atomic E-state index is 12.1. The first-order valence-corrected chi connectivity index (χ1v) is 8.09. The topological polar surface area (TPSA) is 92.6 Å². The summed E-state index contributed by atoms with van der Waals surface area (Å²) in [4.78, 5) is 23.9. The van der Waals surface area contributed by atoms with Gasteiger partial charge < -0.3 is 25.1 Å². The fraction of sp³-hybridized carbons (Fsp3) is 0.333. The lowest BCUT2D eigenvalue weighted by Crippen LogP contribution is -2.29. The molecule has 3 N–H and O–H groups in total. The molecule has 25 heavy (non-hydrogen) atoms. The van der Waals surface area contributed by atoms with Gasteiger partial charge in [0.2, 0.25) is 5.91 Å². The number of hydrogen-bond acceptors (Lipinski definition) is 5. The van der Waals surface area contributed by atoms with E-state index in [1.54, 1.807) is 43.7 Å². The molecule has 0 unspecified atom stereocenters. The number of ether oxygens (including phenoxy) is 1. The van der Waals surface area contributed by atoms with E-state index in [-0.39, 0.29) is 18.4 Å². The molecule has 0 spiro atoms. The molecule has 0 saturated carbocycles. The average molecular weight is 345 g/mol. The number of carbonyl (C=O) groups excluding carboxylic acids is 2. The highest BCUT2D eigenvalue weighted by molar-refractivity contribution is 5.95. The van der Waals surface area contributed by atoms with Crippen molar-refractivity contribution in [2.24, 2.45) is 0 Å². The highest BCUT2D eigenvalue weighted by Crippen LogP contribution is 2.10. The third-order valence-corrected chi connectivity index (χ3v) is 3.43. The number of rotatable bonds is 10. The Balaban J connectivity index is 1.76. The van der Waals surface area contributed by atoms with Crippen LogP contribution in [0.2, 0.25) is 0 Å². The van der Waals surface area contributed by atoms with Crippen molar-refractivity contribution in [3.8, 4) is 0 Å². The van der Waals surface area contributed by atoms with Crippen LogP contribution in [0.5, 0.6) is 0 Å². The van der Waals surface area contributed by atoms with Gasteiger partial charge in [-0.05, 0) is 36.8 Å². The molecule has 0 aliphatic carbocycles. The van der Waals surface area contributed by atoms with E-state index in [1.807, 2.05) is 6.07 Å². The van der Waals surface area contributed by atoms with E-state index in [2.05, 4.69) is 16.0 Å². The van der Waals surface area contributed by atoms with Crippen molar-refractivity contribution in [3.05, 3.63) is 54.0 Å². The Bertz CT molecular complexity index is 671. The lowest BCUT2D eigenvalue weighted by molar-refractivity contribution is -0.119. The average Bonchev–Trinajstić information content (AvgIpc) is 3.15. The highest BCUT2D eigenvalue weighted by Gasteiger charge is 2.07. The maximum Gasteiger partial charge on any atom is 0.251 e. The number of methoxy groups -OCH3 is 1. The van der Waals surface area contributed by atoms with Gasteiger partial charge in [0, 0.05) is 31.5 Å². The van der Waals surface area contributed by atoms with Crippen LogP contribution in [0.4, 0.5) is 5.69 Å². The molecule has 0 saturated heterocycles. The summed E-state index contributed by atoms with van der Waals surface area (Å²) in [7, 11) is 1.63. The monoisotopic (exact) mass is 345 g/mol. The smallest absolute Gasteiger partial charge is 0.251 e. The molecule has 0 radical (unpaired) electrons. The zero-order valence-corrected chi connectivity index (χ0v) is 14.2. The Morgan fingerprint density at radius 1 is 1.16 bits per heavy atom. The van der Waals surface area contributed by atoms with Gasteiger partial charge in [-0.15, -0.1) is 0 Å². The third kappa shape index (κ3) is 6.68. The van der Waals surface area contributed by atoms with Gasteiger partial charge in [0.05, 0.1) is 19.4 Å². The zero-order chi connectivity index (χ0) is 17.9. The molecular weight excluding hydrogens is 322 g/mol. The first-order chi connectivity index (χ1) is 12.2. The molecule has 2 amide bonds. The number of amides is 2. The molecule has 2 rings (SSSR count). The van der Waals surface area contributed by atoms with Crippen LogP contribution >= 0.6 is 0 Å². The van der Waals surface area contributed by atoms with Crippen molar-refractivity contribution >= 4 is 17.5 Å². The SMILES string of the molecule is COCCCNC(=O)c1cccc(NCC(=O)NCc2ccco2)c1. The van der Waals surface area contributed by atoms with Crippen LogP contribution in [0, 0.1) is 0 Å². The summed E-state index contributed by atoms with van der Waals surface area (Å²) >= 11 is 0. The summed E-state index contributed by atoms with van der Waals surface area (Å²) < 4.78 is 10.1. The molecule has 0 atom stereocenters. The summed E-state index contributed by atoms with van der Waals surface area (Å²) in [6.07, 6.45) is 2.32. The minimum absolute atomic E-state index is 0.111. The second kappa shape index (κ2) is 10.1. The van der Waals surface area contributed by atoms with E-state index < -0.39 is 0 Å². The molecule has 134 valence electrons. The Morgan fingerprint density at radius 3 is 2.80 bits per heavy atom. The standard InChI is InChI=1S/C18H23N3O4/c1-24-9-4-8-19-18(23)14-5-2-6-15(11-14)20-13-17(22)21-12-16-7-3-10-25-16/h2-3,5-7,10-11,20H,4,8-9,12-13H2,1H3,(H,19,23)(H,21,22). The van der Waals surface area contributed by atoms with E-state index in [9.17, 15) is 9.59 Å². The molecule has 0 aliphatic rings. The van der Waals surface area contributed by atoms with Crippen LogP contribution in [-0.2, 0) is 16.1 Å². The van der Waals surface area contributed by atoms with E-state index in [4.69, 9.17) is 9.15 Å². The number of benzene rings is 1. The Kier molecular flexibility index (Phi) is 7.52. The van der Waals surface area contributed by atoms with Crippen molar-refractivity contribution < 1.29 is 18.7 Å². The number of nitrogens with one attached hydrogen (secondary N) is 3. The van der Waals surface area contributed by atoms with Gasteiger partial charge in [-0.25, -0.2) is 0 Å². The first-order valence-electron chi connectivity index (χ1n) is 8.09. The van der Waals surface area contributed by atoms with Gasteiger partial charge in [-0.3, -0.25) is 9.59 Å². The second-order valence-electron chi connectivity index (χ2n) is 5.39. The molecular formula is C18H23N3O4. The Labute approximate surface area is 146 Å². The van der Waals surface area contributed by atoms with Gasteiger partial charge in [-0.2, -0.15) is 0 Å². The summed E-state index contributed by atoms with van der Waals surface area (Å²) in [6, 6.07) is 10.6. The van der Waals surface area contributed by atoms with E-state index in [1.165, 1.54) is 0 Å². The van der Waals surface area contributed by atoms with Crippen LogP contribution in [0.1, 0.15) is 22.5 Å². The van der Waals surface area contributed by atoms with E-state index in [0.717, 1.165) is 6.42 Å². The largest absolute Gasteiger partial charge is 0.467 e. The molecule has 1 heterocycles. The highest BCUT2D eigenvalue weighted by atomic mass is 16.5. The molecule has 2 aromatic rings. The van der Waals surface area contributed by atoms with Gasteiger partial charge in [0.25, 0.3) is 5.91 Å². The molecule has 0 bridgehead atoms. The maximum absolute atomic E-state index is 12.1. The predicted octanol–water partition coefficient (Wildman–Crippen LogP) is 1.77. The Hall–Kier alpha value is -2.80. The second-order valence-corrected chi connectivity index (χ2v) is 5.39. The normalized spacial score (nSPS) is 10.3. The van der Waals surface area contributed by atoms with Crippen LogP contribution in [-0.4, -0.2) is 38.6 Å². The van der Waals surface area contributed by atoms with Crippen molar-refractivity contribution in [3.63, 3.8) is 0 Å². The summed E-state index contributed by atoms with van der Waals surface area (Å²) in [5.74, 6) is 0.383. The van der Waals surface area contributed by atoms with Crippen molar-refractivity contribution in [2.45, 2.75) is 13.0 Å². The van der Waals surface area contributed by atoms with E-state index >= 15 is 0 Å². The molecule has 7 nitrogen and oxygen atoms in total. The van der Waals surface area contributed by atoms with Gasteiger partial charge in [0.1, 0.15) is 5.76 Å². The van der Waals surface area contributed by atoms with Gasteiger partial charge >= 0.3 is 0 Å². The summed E-state index contributed by atoms with van der Waals surface area (Å²) in [5, 5.41) is 8.58. The minimum Gasteiger partial charge on any atom is -0.467 e. The number of carbonyl (C=O) groups is 2. The predicted molar refractivity (Wildman–Crippen MR) is 94.3 cm³/mol. The van der Waals surface area contributed by atoms with Gasteiger partial charge in [0.15, 0.2) is 0 Å². The van der Waals surface area contributed by atoms with Crippen molar-refractivity contribution in [2.75, 3.05) is 32.1 Å². The number of furan rings is 1. The molecule has 1 aromatic carbocycles. The van der Waals surface area contributed by atoms with Crippen LogP contribution < -0.4 is 16.0 Å². The number of anilines is 1. The fourth-order valence-corrected chi connectivity index (χ4v) is 2.13. The fourth-order valence-electron chi connectivity index (χ4n) is 2.13. The van der Waals surface area contributed by atoms with Crippen LogP contribution in [0.3, 0.4) is 0 Å². The third-order valence-electron chi connectivity index (χ3n) is 3.43. The van der Waals surface area contributed by atoms with Crippen molar-refractivity contribution in [1.29, 1.82) is 0 Å². The molecule has 7 heteroatoms. The van der Waals surface area contributed by atoms with Gasteiger partial charge in [-0.1, -0.05) is 6.07 Å². The van der Waals surface area contributed by atoms with Crippen molar-refractivity contribution in [1.82, 2.24) is 10.6 Å². The first kappa shape index (κ1) is 18.5. The lowest BCUT2D eigenvalue weighted by Gasteiger charge is -2.09. The summed E-state index contributed by atoms with van der Waals surface area (Å²) in [5.41, 5.74) is 1.25. The Morgan fingerprint density at radius 2 is 2.04 bits per heavy atom. The zero-order valence-electron chi connectivity index (χ0n) is 14.2. The molecule has 0 aliphatic heterocycles. The lowest BCUT2D eigenvalue weighted by atomic mass is 10.2. The minimum atomic E-state index is -0.161. The number of hydrogen-bond donors (Lipinski definition) is 3.